The monoisotopic (exact) mass is 328 g/mol. The van der Waals surface area contributed by atoms with Crippen LogP contribution in [0.3, 0.4) is 0 Å². The minimum atomic E-state index is -0.0440. The minimum absolute atomic E-state index is 0.0347. The number of ether oxygens (including phenoxy) is 1. The molecule has 0 aliphatic carbocycles. The van der Waals surface area contributed by atoms with Crippen molar-refractivity contribution in [2.45, 2.75) is 25.9 Å². The van der Waals surface area contributed by atoms with Crippen molar-refractivity contribution in [2.75, 3.05) is 19.6 Å². The zero-order valence-electron chi connectivity index (χ0n) is 10.8. The average molecular weight is 329 g/mol. The number of likely N-dealkylation sites (tertiary alicyclic amines) is 1. The number of amides is 2. The normalized spacial score (nSPS) is 19.1. The zero-order valence-corrected chi connectivity index (χ0v) is 12.4. The molecule has 0 saturated carbocycles. The number of aromatic nitrogens is 2. The molecule has 1 N–H and O–H groups in total. The van der Waals surface area contributed by atoms with Gasteiger partial charge in [-0.15, -0.1) is 0 Å². The molecule has 0 radical (unpaired) electrons. The predicted molar refractivity (Wildman–Crippen MR) is 74.0 cm³/mol. The molecule has 1 fully saturated rings. The summed E-state index contributed by atoms with van der Waals surface area (Å²) in [6, 6.07) is 0.318. The van der Waals surface area contributed by atoms with Crippen molar-refractivity contribution in [3.8, 4) is 6.01 Å². The molecule has 0 unspecified atom stereocenters. The highest BCUT2D eigenvalue weighted by molar-refractivity contribution is 9.10. The van der Waals surface area contributed by atoms with Gasteiger partial charge in [0.2, 0.25) is 0 Å². The van der Waals surface area contributed by atoms with E-state index in [2.05, 4.69) is 31.2 Å². The van der Waals surface area contributed by atoms with E-state index in [1.54, 1.807) is 17.3 Å². The first-order valence-electron chi connectivity index (χ1n) is 6.36. The molecule has 19 heavy (non-hydrogen) atoms. The van der Waals surface area contributed by atoms with Crippen molar-refractivity contribution in [1.82, 2.24) is 20.2 Å². The average Bonchev–Trinajstić information content (AvgIpc) is 2.42. The summed E-state index contributed by atoms with van der Waals surface area (Å²) in [5, 5.41) is 2.80. The highest BCUT2D eigenvalue weighted by Crippen LogP contribution is 2.16. The molecule has 1 atom stereocenters. The van der Waals surface area contributed by atoms with Gasteiger partial charge in [-0.05, 0) is 35.7 Å². The minimum Gasteiger partial charge on any atom is -0.458 e. The molecule has 0 bridgehead atoms. The highest BCUT2D eigenvalue weighted by Gasteiger charge is 2.25. The Kier molecular flexibility index (Phi) is 4.95. The van der Waals surface area contributed by atoms with Crippen LogP contribution in [0.1, 0.15) is 19.8 Å². The van der Waals surface area contributed by atoms with Crippen LogP contribution in [0.2, 0.25) is 0 Å². The van der Waals surface area contributed by atoms with E-state index < -0.39 is 0 Å². The molecular formula is C12H17BrN4O2. The van der Waals surface area contributed by atoms with Crippen LogP contribution in [0.25, 0.3) is 0 Å². The molecule has 0 spiro atoms. The van der Waals surface area contributed by atoms with Crippen molar-refractivity contribution >= 4 is 22.0 Å². The lowest BCUT2D eigenvalue weighted by Gasteiger charge is -2.32. The number of nitrogens with zero attached hydrogens (tertiary/aromatic N) is 3. The van der Waals surface area contributed by atoms with Gasteiger partial charge in [-0.2, -0.15) is 0 Å². The lowest BCUT2D eigenvalue weighted by molar-refractivity contribution is 0.0941. The van der Waals surface area contributed by atoms with Gasteiger partial charge in [0.1, 0.15) is 6.10 Å². The number of piperidine rings is 1. The summed E-state index contributed by atoms with van der Waals surface area (Å²) in [4.78, 5) is 21.7. The van der Waals surface area contributed by atoms with Crippen molar-refractivity contribution in [3.05, 3.63) is 16.9 Å². The molecule has 1 aromatic heterocycles. The summed E-state index contributed by atoms with van der Waals surface area (Å²) in [6.07, 6.45) is 5.09. The summed E-state index contributed by atoms with van der Waals surface area (Å²) in [6.45, 7) is 3.89. The van der Waals surface area contributed by atoms with Gasteiger partial charge in [0.25, 0.3) is 0 Å². The van der Waals surface area contributed by atoms with Gasteiger partial charge in [0.05, 0.1) is 11.0 Å². The summed E-state index contributed by atoms with van der Waals surface area (Å²) >= 11 is 3.27. The fraction of sp³-hybridized carbons (Fsp3) is 0.583. The smallest absolute Gasteiger partial charge is 0.317 e. The Labute approximate surface area is 120 Å². The van der Waals surface area contributed by atoms with Crippen molar-refractivity contribution in [2.24, 2.45) is 0 Å². The van der Waals surface area contributed by atoms with Gasteiger partial charge in [-0.25, -0.2) is 14.8 Å². The van der Waals surface area contributed by atoms with Crippen molar-refractivity contribution in [3.63, 3.8) is 0 Å². The maximum absolute atomic E-state index is 11.8. The molecule has 1 aromatic rings. The van der Waals surface area contributed by atoms with Crippen LogP contribution in [0.15, 0.2) is 16.9 Å². The zero-order chi connectivity index (χ0) is 13.7. The van der Waals surface area contributed by atoms with Crippen LogP contribution in [-0.4, -0.2) is 46.6 Å². The predicted octanol–water partition coefficient (Wildman–Crippen LogP) is 1.81. The standard InChI is InChI=1S/C12H17BrN4O2/c1-2-14-12(18)17-5-3-4-10(8-17)19-11-15-6-9(13)7-16-11/h6-7,10H,2-5,8H2,1H3,(H,14,18)/t10-/m0/s1. The number of nitrogens with one attached hydrogen (secondary N) is 1. The second kappa shape index (κ2) is 6.70. The van der Waals surface area contributed by atoms with Gasteiger partial charge < -0.3 is 15.0 Å². The number of urea groups is 1. The fourth-order valence-electron chi connectivity index (χ4n) is 1.99. The van der Waals surface area contributed by atoms with E-state index >= 15 is 0 Å². The van der Waals surface area contributed by atoms with Gasteiger partial charge in [0, 0.05) is 25.5 Å². The second-order valence-electron chi connectivity index (χ2n) is 4.35. The van der Waals surface area contributed by atoms with Gasteiger partial charge in [-0.1, -0.05) is 0 Å². The first-order chi connectivity index (χ1) is 9.19. The molecule has 0 aromatic carbocycles. The maximum Gasteiger partial charge on any atom is 0.317 e. The highest BCUT2D eigenvalue weighted by atomic mass is 79.9. The lowest BCUT2D eigenvalue weighted by atomic mass is 10.1. The first-order valence-corrected chi connectivity index (χ1v) is 7.15. The van der Waals surface area contributed by atoms with E-state index in [0.29, 0.717) is 19.1 Å². The van der Waals surface area contributed by atoms with E-state index in [-0.39, 0.29) is 12.1 Å². The molecule has 104 valence electrons. The van der Waals surface area contributed by atoms with E-state index in [0.717, 1.165) is 23.9 Å². The fourth-order valence-corrected chi connectivity index (χ4v) is 2.20. The lowest BCUT2D eigenvalue weighted by Crippen LogP contribution is -2.48. The molecule has 1 aliphatic rings. The molecule has 2 amide bonds. The van der Waals surface area contributed by atoms with E-state index in [1.807, 2.05) is 6.92 Å². The molecule has 2 heterocycles. The third-order valence-corrected chi connectivity index (χ3v) is 3.27. The van der Waals surface area contributed by atoms with Gasteiger partial charge in [-0.3, -0.25) is 0 Å². The summed E-state index contributed by atoms with van der Waals surface area (Å²) in [5.74, 6) is 0. The Balaban J connectivity index is 1.90. The van der Waals surface area contributed by atoms with Crippen molar-refractivity contribution in [1.29, 1.82) is 0 Å². The quantitative estimate of drug-likeness (QED) is 0.918. The maximum atomic E-state index is 11.8. The molecule has 7 heteroatoms. The summed E-state index contributed by atoms with van der Waals surface area (Å²) in [7, 11) is 0. The number of hydrogen-bond acceptors (Lipinski definition) is 4. The number of rotatable bonds is 3. The molecular weight excluding hydrogens is 312 g/mol. The second-order valence-corrected chi connectivity index (χ2v) is 5.26. The van der Waals surface area contributed by atoms with Crippen LogP contribution < -0.4 is 10.1 Å². The first kappa shape index (κ1) is 14.0. The SMILES string of the molecule is CCNC(=O)N1CCC[C@H](Oc2ncc(Br)cn2)C1. The Bertz CT molecular complexity index is 426. The molecule has 2 rings (SSSR count). The van der Waals surface area contributed by atoms with Gasteiger partial charge >= 0.3 is 12.0 Å². The summed E-state index contributed by atoms with van der Waals surface area (Å²) in [5.41, 5.74) is 0. The number of carbonyl (C=O) groups excluding carboxylic acids is 1. The van der Waals surface area contributed by atoms with Crippen LogP contribution >= 0.6 is 15.9 Å². The Morgan fingerprint density at radius 3 is 3.00 bits per heavy atom. The Morgan fingerprint density at radius 1 is 1.58 bits per heavy atom. The van der Waals surface area contributed by atoms with Crippen LogP contribution in [0, 0.1) is 0 Å². The Morgan fingerprint density at radius 2 is 2.32 bits per heavy atom. The van der Waals surface area contributed by atoms with E-state index in [9.17, 15) is 4.79 Å². The molecule has 1 aliphatic heterocycles. The third-order valence-electron chi connectivity index (χ3n) is 2.86. The number of carbonyl (C=O) groups is 1. The molecule has 6 nitrogen and oxygen atoms in total. The topological polar surface area (TPSA) is 67.4 Å². The largest absolute Gasteiger partial charge is 0.458 e. The van der Waals surface area contributed by atoms with Crippen LogP contribution in [0.5, 0.6) is 6.01 Å². The summed E-state index contributed by atoms with van der Waals surface area (Å²) < 4.78 is 6.52. The number of halogens is 1. The van der Waals surface area contributed by atoms with Gasteiger partial charge in [0.15, 0.2) is 0 Å². The van der Waals surface area contributed by atoms with E-state index in [4.69, 9.17) is 4.74 Å². The van der Waals surface area contributed by atoms with E-state index in [1.165, 1.54) is 0 Å². The van der Waals surface area contributed by atoms with Crippen LogP contribution in [0.4, 0.5) is 4.79 Å². The third kappa shape index (κ3) is 4.05. The van der Waals surface area contributed by atoms with Crippen LogP contribution in [-0.2, 0) is 0 Å². The molecule has 1 saturated heterocycles. The van der Waals surface area contributed by atoms with Crippen molar-refractivity contribution < 1.29 is 9.53 Å². The Hall–Kier alpha value is -1.37. The number of hydrogen-bond donors (Lipinski definition) is 1.